The molecule has 1 saturated heterocycles. The number of benzene rings is 1. The first-order valence-electron chi connectivity index (χ1n) is 7.28. The number of sulfonamides is 1. The molecule has 1 fully saturated rings. The second kappa shape index (κ2) is 7.08. The minimum atomic E-state index is -3.50. The Kier molecular flexibility index (Phi) is 5.40. The molecule has 21 heavy (non-hydrogen) atoms. The minimum absolute atomic E-state index is 0.239. The van der Waals surface area contributed by atoms with E-state index in [0.29, 0.717) is 24.6 Å². The van der Waals surface area contributed by atoms with Crippen LogP contribution in [0, 0.1) is 17.8 Å². The van der Waals surface area contributed by atoms with Crippen molar-refractivity contribution in [3.05, 3.63) is 29.8 Å². The minimum Gasteiger partial charge on any atom is -0.384 e. The number of hydrogen-bond donors (Lipinski definition) is 1. The van der Waals surface area contributed by atoms with Gasteiger partial charge in [-0.25, -0.2) is 8.42 Å². The van der Waals surface area contributed by atoms with Crippen molar-refractivity contribution in [2.75, 3.05) is 19.7 Å². The van der Waals surface area contributed by atoms with Gasteiger partial charge >= 0.3 is 0 Å². The average Bonchev–Trinajstić information content (AvgIpc) is 2.95. The van der Waals surface area contributed by atoms with E-state index in [4.69, 9.17) is 5.11 Å². The third kappa shape index (κ3) is 3.65. The summed E-state index contributed by atoms with van der Waals surface area (Å²) in [7, 11) is -3.50. The van der Waals surface area contributed by atoms with Crippen molar-refractivity contribution >= 4 is 10.0 Å². The number of nitrogens with zero attached hydrogens (tertiary/aromatic N) is 1. The van der Waals surface area contributed by atoms with Crippen LogP contribution in [-0.2, 0) is 10.0 Å². The zero-order chi connectivity index (χ0) is 15.3. The molecule has 0 spiro atoms. The molecule has 0 amide bonds. The van der Waals surface area contributed by atoms with E-state index in [1.165, 1.54) is 0 Å². The Balaban J connectivity index is 2.29. The highest BCUT2D eigenvalue weighted by molar-refractivity contribution is 7.89. The van der Waals surface area contributed by atoms with Crippen molar-refractivity contribution < 1.29 is 13.5 Å². The lowest BCUT2D eigenvalue weighted by molar-refractivity contribution is 0.350. The Bertz CT molecular complexity index is 643. The van der Waals surface area contributed by atoms with Gasteiger partial charge in [-0.3, -0.25) is 0 Å². The summed E-state index contributed by atoms with van der Waals surface area (Å²) in [6.07, 6.45) is 3.08. The molecule has 114 valence electrons. The molecule has 1 aromatic carbocycles. The van der Waals surface area contributed by atoms with E-state index in [2.05, 4.69) is 18.8 Å². The van der Waals surface area contributed by atoms with E-state index >= 15 is 0 Å². The van der Waals surface area contributed by atoms with Crippen molar-refractivity contribution in [3.63, 3.8) is 0 Å². The third-order valence-electron chi connectivity index (χ3n) is 3.75. The van der Waals surface area contributed by atoms with Crippen molar-refractivity contribution in [2.45, 2.75) is 31.1 Å². The zero-order valence-corrected chi connectivity index (χ0v) is 13.1. The maximum Gasteiger partial charge on any atom is 0.244 e. The molecular weight excluding hydrogens is 286 g/mol. The molecule has 1 atom stereocenters. The van der Waals surface area contributed by atoms with Crippen molar-refractivity contribution in [3.8, 4) is 11.8 Å². The van der Waals surface area contributed by atoms with Gasteiger partial charge in [0.25, 0.3) is 0 Å². The molecule has 4 nitrogen and oxygen atoms in total. The van der Waals surface area contributed by atoms with Gasteiger partial charge in [0.05, 0.1) is 4.90 Å². The van der Waals surface area contributed by atoms with E-state index in [0.717, 1.165) is 19.3 Å². The van der Waals surface area contributed by atoms with E-state index in [1.807, 2.05) is 0 Å². The van der Waals surface area contributed by atoms with Crippen LogP contribution in [0.5, 0.6) is 0 Å². The van der Waals surface area contributed by atoms with Crippen LogP contribution in [-0.4, -0.2) is 37.5 Å². The molecule has 1 aliphatic heterocycles. The molecule has 0 aromatic heterocycles. The fourth-order valence-corrected chi connectivity index (χ4v) is 4.41. The molecule has 1 unspecified atom stereocenters. The zero-order valence-electron chi connectivity index (χ0n) is 12.2. The van der Waals surface area contributed by atoms with Crippen LogP contribution < -0.4 is 0 Å². The van der Waals surface area contributed by atoms with Gasteiger partial charge in [0.1, 0.15) is 6.61 Å². The first kappa shape index (κ1) is 16.0. The van der Waals surface area contributed by atoms with Gasteiger partial charge in [-0.15, -0.1) is 0 Å². The van der Waals surface area contributed by atoms with Crippen LogP contribution in [0.25, 0.3) is 0 Å². The van der Waals surface area contributed by atoms with E-state index in [9.17, 15) is 8.42 Å². The summed E-state index contributed by atoms with van der Waals surface area (Å²) in [4.78, 5) is 0.239. The smallest absolute Gasteiger partial charge is 0.244 e. The van der Waals surface area contributed by atoms with Crippen LogP contribution in [0.15, 0.2) is 29.2 Å². The predicted molar refractivity (Wildman–Crippen MR) is 82.2 cm³/mol. The highest BCUT2D eigenvalue weighted by Crippen LogP contribution is 2.28. The Morgan fingerprint density at radius 2 is 2.14 bits per heavy atom. The Morgan fingerprint density at radius 1 is 1.38 bits per heavy atom. The van der Waals surface area contributed by atoms with Crippen LogP contribution in [0.1, 0.15) is 31.7 Å². The molecule has 0 saturated carbocycles. The van der Waals surface area contributed by atoms with Crippen molar-refractivity contribution in [1.29, 1.82) is 0 Å². The van der Waals surface area contributed by atoms with Crippen LogP contribution >= 0.6 is 0 Å². The Morgan fingerprint density at radius 3 is 2.86 bits per heavy atom. The standard InChI is InChI=1S/C16H21NO3S/c1-2-6-14-10-11-17(13-14)21(19,20)16-9-4-3-7-15(16)8-5-12-18/h3-4,7,9,14,18H,2,6,10-13H2,1H3. The van der Waals surface area contributed by atoms with Gasteiger partial charge in [0.2, 0.25) is 10.0 Å². The number of aliphatic hydroxyl groups excluding tert-OH is 1. The van der Waals surface area contributed by atoms with Gasteiger partial charge in [0, 0.05) is 18.7 Å². The van der Waals surface area contributed by atoms with Crippen molar-refractivity contribution in [2.24, 2.45) is 5.92 Å². The normalized spacial score (nSPS) is 19.2. The van der Waals surface area contributed by atoms with Gasteiger partial charge in [0.15, 0.2) is 0 Å². The quantitative estimate of drug-likeness (QED) is 0.864. The third-order valence-corrected chi connectivity index (χ3v) is 5.68. The maximum atomic E-state index is 12.8. The summed E-state index contributed by atoms with van der Waals surface area (Å²) in [6, 6.07) is 6.72. The fourth-order valence-electron chi connectivity index (χ4n) is 2.73. The lowest BCUT2D eigenvalue weighted by Crippen LogP contribution is -2.29. The van der Waals surface area contributed by atoms with Crippen LogP contribution in [0.2, 0.25) is 0 Å². The Hall–Kier alpha value is -1.35. The van der Waals surface area contributed by atoms with E-state index in [1.54, 1.807) is 28.6 Å². The van der Waals surface area contributed by atoms with E-state index < -0.39 is 10.0 Å². The lowest BCUT2D eigenvalue weighted by atomic mass is 10.0. The Labute approximate surface area is 126 Å². The predicted octanol–water partition coefficient (Wildman–Crippen LogP) is 1.84. The topological polar surface area (TPSA) is 57.6 Å². The molecule has 1 N–H and O–H groups in total. The summed E-state index contributed by atoms with van der Waals surface area (Å²) >= 11 is 0. The number of hydrogen-bond acceptors (Lipinski definition) is 3. The van der Waals surface area contributed by atoms with Crippen molar-refractivity contribution in [1.82, 2.24) is 4.31 Å². The number of aliphatic hydroxyl groups is 1. The molecule has 0 bridgehead atoms. The SMILES string of the molecule is CCCC1CCN(S(=O)(=O)c2ccccc2C#CCO)C1. The largest absolute Gasteiger partial charge is 0.384 e. The molecule has 1 aliphatic rings. The first-order chi connectivity index (χ1) is 10.1. The van der Waals surface area contributed by atoms with Gasteiger partial charge in [-0.2, -0.15) is 4.31 Å². The second-order valence-electron chi connectivity index (χ2n) is 5.26. The summed E-state index contributed by atoms with van der Waals surface area (Å²) in [5, 5.41) is 8.79. The summed E-state index contributed by atoms with van der Waals surface area (Å²) in [6.45, 7) is 3.01. The summed E-state index contributed by atoms with van der Waals surface area (Å²) in [5.74, 6) is 5.70. The van der Waals surface area contributed by atoms with Gasteiger partial charge < -0.3 is 5.11 Å². The number of rotatable bonds is 4. The molecule has 1 heterocycles. The van der Waals surface area contributed by atoms with Crippen LogP contribution in [0.3, 0.4) is 0 Å². The summed E-state index contributed by atoms with van der Waals surface area (Å²) < 4.78 is 27.1. The van der Waals surface area contributed by atoms with Crippen LogP contribution in [0.4, 0.5) is 0 Å². The molecule has 5 heteroatoms. The molecule has 0 aliphatic carbocycles. The molecule has 2 rings (SSSR count). The maximum absolute atomic E-state index is 12.8. The molecule has 1 aromatic rings. The highest BCUT2D eigenvalue weighted by Gasteiger charge is 2.33. The lowest BCUT2D eigenvalue weighted by Gasteiger charge is -2.17. The molecular formula is C16H21NO3S. The first-order valence-corrected chi connectivity index (χ1v) is 8.72. The summed E-state index contributed by atoms with van der Waals surface area (Å²) in [5.41, 5.74) is 0.450. The monoisotopic (exact) mass is 307 g/mol. The highest BCUT2D eigenvalue weighted by atomic mass is 32.2. The van der Waals surface area contributed by atoms with Gasteiger partial charge in [-0.05, 0) is 30.9 Å². The fraction of sp³-hybridized carbons (Fsp3) is 0.500. The van der Waals surface area contributed by atoms with Gasteiger partial charge in [-0.1, -0.05) is 37.3 Å². The van der Waals surface area contributed by atoms with E-state index in [-0.39, 0.29) is 11.5 Å². The second-order valence-corrected chi connectivity index (χ2v) is 7.17. The molecule has 0 radical (unpaired) electrons. The average molecular weight is 307 g/mol.